The van der Waals surface area contributed by atoms with Gasteiger partial charge in [-0.1, -0.05) is 6.92 Å². The maximum atomic E-state index is 5.54. The molecule has 0 aliphatic carbocycles. The van der Waals surface area contributed by atoms with E-state index in [0.29, 0.717) is 6.54 Å². The van der Waals surface area contributed by atoms with Gasteiger partial charge in [0, 0.05) is 13.0 Å². The van der Waals surface area contributed by atoms with Crippen molar-refractivity contribution in [3.63, 3.8) is 0 Å². The third-order valence-electron chi connectivity index (χ3n) is 2.15. The Morgan fingerprint density at radius 3 is 3.00 bits per heavy atom. The molecule has 2 heterocycles. The zero-order chi connectivity index (χ0) is 9.97. The lowest BCUT2D eigenvalue weighted by Crippen LogP contribution is -1.98. The van der Waals surface area contributed by atoms with Crippen molar-refractivity contribution < 1.29 is 8.83 Å². The molecule has 74 valence electrons. The monoisotopic (exact) mass is 192 g/mol. The quantitative estimate of drug-likeness (QED) is 0.807. The Labute approximate surface area is 81.7 Å². The first-order valence-corrected chi connectivity index (χ1v) is 4.56. The number of nitrogens with zero attached hydrogens (tertiary/aromatic N) is 1. The largest absolute Gasteiger partial charge is 0.469 e. The average molecular weight is 192 g/mol. The smallest absolute Gasteiger partial charge is 0.181 e. The van der Waals surface area contributed by atoms with Gasteiger partial charge in [0.2, 0.25) is 0 Å². The molecule has 0 atom stereocenters. The number of hydrogen-bond donors (Lipinski definition) is 1. The molecule has 2 rings (SSSR count). The second kappa shape index (κ2) is 3.67. The Hall–Kier alpha value is -1.55. The highest BCUT2D eigenvalue weighted by Gasteiger charge is 2.14. The van der Waals surface area contributed by atoms with E-state index in [1.54, 1.807) is 6.26 Å². The lowest BCUT2D eigenvalue weighted by molar-refractivity contribution is 0.513. The van der Waals surface area contributed by atoms with E-state index in [1.165, 1.54) is 6.39 Å². The highest BCUT2D eigenvalue weighted by atomic mass is 16.3. The van der Waals surface area contributed by atoms with Crippen molar-refractivity contribution in [1.29, 1.82) is 0 Å². The average Bonchev–Trinajstić information content (AvgIpc) is 2.85. The molecule has 2 aromatic heterocycles. The summed E-state index contributed by atoms with van der Waals surface area (Å²) >= 11 is 0. The normalized spacial score (nSPS) is 10.7. The molecule has 0 saturated carbocycles. The van der Waals surface area contributed by atoms with Crippen LogP contribution in [-0.2, 0) is 13.0 Å². The summed E-state index contributed by atoms with van der Waals surface area (Å²) in [6.45, 7) is 2.40. The predicted octanol–water partition coefficient (Wildman–Crippen LogP) is 1.96. The SMILES string of the molecule is CCc1occc1-c1ocnc1CN. The van der Waals surface area contributed by atoms with Crippen LogP contribution in [0.4, 0.5) is 0 Å². The van der Waals surface area contributed by atoms with E-state index in [9.17, 15) is 0 Å². The number of nitrogens with two attached hydrogens (primary N) is 1. The van der Waals surface area contributed by atoms with Gasteiger partial charge in [-0.3, -0.25) is 0 Å². The molecular weight excluding hydrogens is 180 g/mol. The Morgan fingerprint density at radius 2 is 2.29 bits per heavy atom. The molecule has 0 aromatic carbocycles. The Morgan fingerprint density at radius 1 is 1.43 bits per heavy atom. The molecule has 0 radical (unpaired) electrons. The fourth-order valence-electron chi connectivity index (χ4n) is 1.45. The molecule has 0 saturated heterocycles. The maximum Gasteiger partial charge on any atom is 0.181 e. The molecule has 4 nitrogen and oxygen atoms in total. The molecule has 4 heteroatoms. The molecule has 2 aromatic rings. The zero-order valence-corrected chi connectivity index (χ0v) is 7.99. The third kappa shape index (κ3) is 1.33. The van der Waals surface area contributed by atoms with Crippen molar-refractivity contribution >= 4 is 0 Å². The van der Waals surface area contributed by atoms with Crippen molar-refractivity contribution in [1.82, 2.24) is 4.98 Å². The molecule has 2 N–H and O–H groups in total. The van der Waals surface area contributed by atoms with E-state index in [0.717, 1.165) is 29.2 Å². The van der Waals surface area contributed by atoms with Crippen molar-refractivity contribution in [2.75, 3.05) is 0 Å². The maximum absolute atomic E-state index is 5.54. The lowest BCUT2D eigenvalue weighted by atomic mass is 10.1. The summed E-state index contributed by atoms with van der Waals surface area (Å²) in [5.74, 6) is 1.62. The van der Waals surface area contributed by atoms with Crippen molar-refractivity contribution in [2.45, 2.75) is 19.9 Å². The Bertz CT molecular complexity index is 377. The van der Waals surface area contributed by atoms with Crippen LogP contribution in [-0.4, -0.2) is 4.98 Å². The Kier molecular flexibility index (Phi) is 2.37. The van der Waals surface area contributed by atoms with E-state index >= 15 is 0 Å². The highest BCUT2D eigenvalue weighted by Crippen LogP contribution is 2.27. The molecule has 14 heavy (non-hydrogen) atoms. The van der Waals surface area contributed by atoms with Crippen LogP contribution >= 0.6 is 0 Å². The molecule has 0 aliphatic rings. The number of furan rings is 1. The van der Waals surface area contributed by atoms with Gasteiger partial charge in [0.25, 0.3) is 0 Å². The van der Waals surface area contributed by atoms with Crippen LogP contribution in [0.2, 0.25) is 0 Å². The van der Waals surface area contributed by atoms with Crippen LogP contribution in [0.15, 0.2) is 27.6 Å². The highest BCUT2D eigenvalue weighted by molar-refractivity contribution is 5.61. The fraction of sp³-hybridized carbons (Fsp3) is 0.300. The van der Waals surface area contributed by atoms with Gasteiger partial charge in [0.1, 0.15) is 11.5 Å². The minimum atomic E-state index is 0.375. The van der Waals surface area contributed by atoms with Gasteiger partial charge >= 0.3 is 0 Å². The number of rotatable bonds is 3. The summed E-state index contributed by atoms with van der Waals surface area (Å²) in [5.41, 5.74) is 7.25. The van der Waals surface area contributed by atoms with Crippen LogP contribution < -0.4 is 5.73 Å². The van der Waals surface area contributed by atoms with Gasteiger partial charge in [-0.25, -0.2) is 4.98 Å². The molecule has 0 fully saturated rings. The van der Waals surface area contributed by atoms with Crippen molar-refractivity contribution in [3.05, 3.63) is 30.2 Å². The number of hydrogen-bond acceptors (Lipinski definition) is 4. The second-order valence-electron chi connectivity index (χ2n) is 2.94. The van der Waals surface area contributed by atoms with Crippen LogP contribution in [0.25, 0.3) is 11.3 Å². The van der Waals surface area contributed by atoms with Gasteiger partial charge < -0.3 is 14.6 Å². The zero-order valence-electron chi connectivity index (χ0n) is 7.99. The molecule has 0 aliphatic heterocycles. The minimum absolute atomic E-state index is 0.375. The van der Waals surface area contributed by atoms with E-state index in [4.69, 9.17) is 14.6 Å². The van der Waals surface area contributed by atoms with Crippen molar-refractivity contribution in [3.8, 4) is 11.3 Å². The van der Waals surface area contributed by atoms with E-state index in [1.807, 2.05) is 13.0 Å². The standard InChI is InChI=1S/C10H12N2O2/c1-2-9-7(3-4-13-9)10-8(5-11)12-6-14-10/h3-4,6H,2,5,11H2,1H3. The Balaban J connectivity index is 2.48. The third-order valence-corrected chi connectivity index (χ3v) is 2.15. The molecule has 0 unspecified atom stereocenters. The molecular formula is C10H12N2O2. The van der Waals surface area contributed by atoms with E-state index in [-0.39, 0.29) is 0 Å². The van der Waals surface area contributed by atoms with Gasteiger partial charge in [-0.2, -0.15) is 0 Å². The fourth-order valence-corrected chi connectivity index (χ4v) is 1.45. The summed E-state index contributed by atoms with van der Waals surface area (Å²) in [7, 11) is 0. The lowest BCUT2D eigenvalue weighted by Gasteiger charge is -1.97. The van der Waals surface area contributed by atoms with Crippen LogP contribution in [0.5, 0.6) is 0 Å². The van der Waals surface area contributed by atoms with Gasteiger partial charge in [0.05, 0.1) is 11.8 Å². The van der Waals surface area contributed by atoms with Crippen molar-refractivity contribution in [2.24, 2.45) is 5.73 Å². The summed E-state index contributed by atoms with van der Waals surface area (Å²) < 4.78 is 10.6. The van der Waals surface area contributed by atoms with E-state index in [2.05, 4.69) is 4.98 Å². The first-order chi connectivity index (χ1) is 6.86. The summed E-state index contributed by atoms with van der Waals surface area (Å²) in [6.07, 6.45) is 3.88. The number of oxazole rings is 1. The van der Waals surface area contributed by atoms with E-state index < -0.39 is 0 Å². The van der Waals surface area contributed by atoms with Gasteiger partial charge in [0.15, 0.2) is 12.2 Å². The summed E-state index contributed by atoms with van der Waals surface area (Å²) in [5, 5.41) is 0. The minimum Gasteiger partial charge on any atom is -0.469 e. The first kappa shape index (κ1) is 9.02. The summed E-state index contributed by atoms with van der Waals surface area (Å²) in [4.78, 5) is 4.03. The molecule has 0 bridgehead atoms. The topological polar surface area (TPSA) is 65.2 Å². The van der Waals surface area contributed by atoms with Gasteiger partial charge in [-0.15, -0.1) is 0 Å². The number of aryl methyl sites for hydroxylation is 1. The first-order valence-electron chi connectivity index (χ1n) is 4.56. The summed E-state index contributed by atoms with van der Waals surface area (Å²) in [6, 6.07) is 1.87. The molecule has 0 amide bonds. The number of aromatic nitrogens is 1. The van der Waals surface area contributed by atoms with Gasteiger partial charge in [-0.05, 0) is 6.07 Å². The second-order valence-corrected chi connectivity index (χ2v) is 2.94. The molecule has 0 spiro atoms. The van der Waals surface area contributed by atoms with Crippen LogP contribution in [0.3, 0.4) is 0 Å². The van der Waals surface area contributed by atoms with Crippen LogP contribution in [0, 0.1) is 0 Å². The predicted molar refractivity (Wildman–Crippen MR) is 51.5 cm³/mol. The van der Waals surface area contributed by atoms with Crippen LogP contribution in [0.1, 0.15) is 18.4 Å².